The molecular formula is C28H25IN2. The number of benzene rings is 3. The van der Waals surface area contributed by atoms with Gasteiger partial charge in [-0.3, -0.25) is 0 Å². The van der Waals surface area contributed by atoms with E-state index in [9.17, 15) is 0 Å². The van der Waals surface area contributed by atoms with Gasteiger partial charge in [-0.2, -0.15) is 0 Å². The SMILES string of the molecule is C[n+]1ccc(/C=C/C=C/c2ccc(N(c3ccccc3)c3ccccc3)cc2)cc1.[I-]. The first-order valence-electron chi connectivity index (χ1n) is 10.1. The number of hydrogen-bond acceptors (Lipinski definition) is 1. The Morgan fingerprint density at radius 2 is 0.968 bits per heavy atom. The predicted molar refractivity (Wildman–Crippen MR) is 127 cm³/mol. The molecule has 0 N–H and O–H groups in total. The van der Waals surface area contributed by atoms with E-state index in [1.807, 2.05) is 36.1 Å². The van der Waals surface area contributed by atoms with Crippen molar-refractivity contribution in [1.29, 1.82) is 0 Å². The van der Waals surface area contributed by atoms with E-state index in [0.717, 1.165) is 17.1 Å². The van der Waals surface area contributed by atoms with Crippen molar-refractivity contribution in [3.63, 3.8) is 0 Å². The van der Waals surface area contributed by atoms with Crippen molar-refractivity contribution in [2.45, 2.75) is 0 Å². The molecule has 0 radical (unpaired) electrons. The highest BCUT2D eigenvalue weighted by Gasteiger charge is 2.11. The molecule has 0 saturated carbocycles. The lowest BCUT2D eigenvalue weighted by atomic mass is 10.1. The van der Waals surface area contributed by atoms with E-state index in [4.69, 9.17) is 0 Å². The van der Waals surface area contributed by atoms with Crippen LogP contribution in [0.4, 0.5) is 17.1 Å². The fraction of sp³-hybridized carbons (Fsp3) is 0.0357. The Labute approximate surface area is 201 Å². The molecule has 0 unspecified atom stereocenters. The Morgan fingerprint density at radius 1 is 0.548 bits per heavy atom. The van der Waals surface area contributed by atoms with Crippen LogP contribution in [0, 0.1) is 0 Å². The number of aryl methyl sites for hydroxylation is 1. The molecule has 31 heavy (non-hydrogen) atoms. The van der Waals surface area contributed by atoms with Gasteiger partial charge in [0.25, 0.3) is 0 Å². The van der Waals surface area contributed by atoms with Crippen LogP contribution >= 0.6 is 0 Å². The molecule has 2 nitrogen and oxygen atoms in total. The summed E-state index contributed by atoms with van der Waals surface area (Å²) in [6.45, 7) is 0. The summed E-state index contributed by atoms with van der Waals surface area (Å²) in [4.78, 5) is 2.27. The largest absolute Gasteiger partial charge is 1.00 e. The van der Waals surface area contributed by atoms with Gasteiger partial charge in [-0.25, -0.2) is 4.57 Å². The summed E-state index contributed by atoms with van der Waals surface area (Å²) < 4.78 is 2.03. The van der Waals surface area contributed by atoms with E-state index in [1.165, 1.54) is 11.1 Å². The molecule has 0 spiro atoms. The Hall–Kier alpha value is -3.18. The van der Waals surface area contributed by atoms with Gasteiger partial charge in [0.2, 0.25) is 0 Å². The van der Waals surface area contributed by atoms with Crippen molar-refractivity contribution in [1.82, 2.24) is 0 Å². The van der Waals surface area contributed by atoms with E-state index < -0.39 is 0 Å². The molecule has 0 aliphatic heterocycles. The van der Waals surface area contributed by atoms with Crippen LogP contribution in [-0.4, -0.2) is 0 Å². The van der Waals surface area contributed by atoms with E-state index in [-0.39, 0.29) is 24.0 Å². The standard InChI is InChI=1S/C28H25N2.HI/c1-29-22-20-25(21-23-29)11-9-8-10-24-16-18-28(19-17-24)30(26-12-4-2-5-13-26)27-14-6-3-7-15-27;/h2-23H,1H3;1H/q+1;/p-1. The second-order valence-corrected chi connectivity index (χ2v) is 7.11. The Kier molecular flexibility index (Phi) is 8.19. The van der Waals surface area contributed by atoms with E-state index in [1.54, 1.807) is 0 Å². The molecule has 0 aliphatic rings. The van der Waals surface area contributed by atoms with Gasteiger partial charge in [0.15, 0.2) is 12.4 Å². The lowest BCUT2D eigenvalue weighted by Gasteiger charge is -2.25. The third-order valence-electron chi connectivity index (χ3n) is 4.87. The van der Waals surface area contributed by atoms with Crippen molar-refractivity contribution in [3.8, 4) is 0 Å². The predicted octanol–water partition coefficient (Wildman–Crippen LogP) is 3.71. The maximum Gasteiger partial charge on any atom is 0.169 e. The molecule has 1 aromatic heterocycles. The zero-order chi connectivity index (χ0) is 20.6. The van der Waals surface area contributed by atoms with Crippen LogP contribution in [0.5, 0.6) is 0 Å². The Bertz CT molecular complexity index is 1080. The first-order chi connectivity index (χ1) is 14.8. The summed E-state index contributed by atoms with van der Waals surface area (Å²) in [7, 11) is 2.02. The van der Waals surface area contributed by atoms with Crippen LogP contribution in [0.2, 0.25) is 0 Å². The molecule has 0 saturated heterocycles. The number of pyridine rings is 1. The second kappa shape index (κ2) is 11.3. The van der Waals surface area contributed by atoms with Crippen LogP contribution in [0.3, 0.4) is 0 Å². The quantitative estimate of drug-likeness (QED) is 0.215. The molecule has 1 heterocycles. The van der Waals surface area contributed by atoms with Crippen LogP contribution < -0.4 is 33.4 Å². The molecule has 0 aliphatic carbocycles. The number of allylic oxidation sites excluding steroid dienone is 2. The highest BCUT2D eigenvalue weighted by atomic mass is 127. The summed E-state index contributed by atoms with van der Waals surface area (Å²) in [5.74, 6) is 0. The summed E-state index contributed by atoms with van der Waals surface area (Å²) in [6, 6.07) is 33.7. The number of halogens is 1. The van der Waals surface area contributed by atoms with Crippen LogP contribution in [-0.2, 0) is 7.05 Å². The van der Waals surface area contributed by atoms with Gasteiger partial charge in [-0.15, -0.1) is 0 Å². The van der Waals surface area contributed by atoms with Crippen molar-refractivity contribution in [3.05, 3.63) is 133 Å². The zero-order valence-corrected chi connectivity index (χ0v) is 19.6. The number of aromatic nitrogens is 1. The van der Waals surface area contributed by atoms with Gasteiger partial charge in [-0.05, 0) is 47.5 Å². The molecule has 3 aromatic carbocycles. The highest BCUT2D eigenvalue weighted by molar-refractivity contribution is 5.77. The van der Waals surface area contributed by atoms with Crippen molar-refractivity contribution < 1.29 is 28.5 Å². The van der Waals surface area contributed by atoms with Gasteiger partial charge < -0.3 is 28.9 Å². The van der Waals surface area contributed by atoms with E-state index in [0.29, 0.717) is 0 Å². The topological polar surface area (TPSA) is 7.12 Å². The molecule has 154 valence electrons. The van der Waals surface area contributed by atoms with Crippen LogP contribution in [0.15, 0.2) is 122 Å². The molecular weight excluding hydrogens is 491 g/mol. The van der Waals surface area contributed by atoms with Gasteiger partial charge in [-0.1, -0.05) is 72.8 Å². The first kappa shape index (κ1) is 22.5. The molecule has 0 amide bonds. The average Bonchev–Trinajstić information content (AvgIpc) is 2.80. The van der Waals surface area contributed by atoms with Crippen molar-refractivity contribution in [2.24, 2.45) is 7.05 Å². The maximum absolute atomic E-state index is 2.27. The molecule has 4 aromatic rings. The third-order valence-corrected chi connectivity index (χ3v) is 4.87. The van der Waals surface area contributed by atoms with Crippen molar-refractivity contribution >= 4 is 29.2 Å². The number of rotatable bonds is 6. The summed E-state index contributed by atoms with van der Waals surface area (Å²) >= 11 is 0. The maximum atomic E-state index is 2.27. The number of anilines is 3. The number of para-hydroxylation sites is 2. The summed E-state index contributed by atoms with van der Waals surface area (Å²) in [5.41, 5.74) is 5.79. The number of hydrogen-bond donors (Lipinski definition) is 0. The number of nitrogens with zero attached hydrogens (tertiary/aromatic N) is 2. The molecule has 3 heteroatoms. The lowest BCUT2D eigenvalue weighted by molar-refractivity contribution is -0.671. The van der Waals surface area contributed by atoms with E-state index in [2.05, 4.69) is 114 Å². The normalized spacial score (nSPS) is 10.9. The van der Waals surface area contributed by atoms with E-state index >= 15 is 0 Å². The summed E-state index contributed by atoms with van der Waals surface area (Å²) in [5, 5.41) is 0. The smallest absolute Gasteiger partial charge is 0.169 e. The lowest BCUT2D eigenvalue weighted by Crippen LogP contribution is -3.00. The Morgan fingerprint density at radius 3 is 1.45 bits per heavy atom. The molecule has 4 rings (SSSR count). The molecule has 0 bridgehead atoms. The third kappa shape index (κ3) is 6.15. The van der Waals surface area contributed by atoms with Crippen molar-refractivity contribution in [2.75, 3.05) is 4.90 Å². The van der Waals surface area contributed by atoms with Gasteiger partial charge in [0.05, 0.1) is 0 Å². The van der Waals surface area contributed by atoms with Gasteiger partial charge in [0, 0.05) is 29.2 Å². The second-order valence-electron chi connectivity index (χ2n) is 7.11. The minimum Gasteiger partial charge on any atom is -1.00 e. The minimum absolute atomic E-state index is 0. The summed E-state index contributed by atoms with van der Waals surface area (Å²) in [6.07, 6.45) is 12.5. The monoisotopic (exact) mass is 516 g/mol. The van der Waals surface area contributed by atoms with Gasteiger partial charge in [0.1, 0.15) is 7.05 Å². The zero-order valence-electron chi connectivity index (χ0n) is 17.5. The molecule has 0 fully saturated rings. The first-order valence-corrected chi connectivity index (χ1v) is 10.1. The Balaban J connectivity index is 0.00000272. The van der Waals surface area contributed by atoms with Crippen LogP contribution in [0.1, 0.15) is 11.1 Å². The van der Waals surface area contributed by atoms with Crippen LogP contribution in [0.25, 0.3) is 12.2 Å². The fourth-order valence-electron chi connectivity index (χ4n) is 3.29. The van der Waals surface area contributed by atoms with Gasteiger partial charge >= 0.3 is 0 Å². The molecule has 0 atom stereocenters. The minimum atomic E-state index is 0. The highest BCUT2D eigenvalue weighted by Crippen LogP contribution is 2.34. The fourth-order valence-corrected chi connectivity index (χ4v) is 3.29. The average molecular weight is 516 g/mol.